The van der Waals surface area contributed by atoms with Crippen LogP contribution in [0.1, 0.15) is 41.1 Å². The Labute approximate surface area is 223 Å². The zero-order valence-corrected chi connectivity index (χ0v) is 21.4. The number of aromatic nitrogens is 2. The van der Waals surface area contributed by atoms with E-state index in [-0.39, 0.29) is 18.9 Å². The van der Waals surface area contributed by atoms with Crippen molar-refractivity contribution in [3.05, 3.63) is 86.9 Å². The van der Waals surface area contributed by atoms with Crippen LogP contribution in [0.4, 0.5) is 5.82 Å². The number of rotatable bonds is 8. The normalized spacial score (nSPS) is 14.3. The van der Waals surface area contributed by atoms with Gasteiger partial charge >= 0.3 is 0 Å². The van der Waals surface area contributed by atoms with E-state index in [0.29, 0.717) is 36.9 Å². The topological polar surface area (TPSA) is 155 Å². The van der Waals surface area contributed by atoms with Gasteiger partial charge in [-0.05, 0) is 37.0 Å². The highest BCUT2D eigenvalue weighted by Crippen LogP contribution is 2.30. The highest BCUT2D eigenvalue weighted by molar-refractivity contribution is 6.05. The highest BCUT2D eigenvalue weighted by Gasteiger charge is 2.28. The zero-order chi connectivity index (χ0) is 27.5. The third kappa shape index (κ3) is 5.46. The number of amidine groups is 1. The Morgan fingerprint density at radius 2 is 1.82 bits per heavy atom. The Kier molecular flexibility index (Phi) is 7.04. The van der Waals surface area contributed by atoms with Gasteiger partial charge in [-0.1, -0.05) is 48.5 Å². The molecule has 0 aliphatic carbocycles. The molecule has 0 fully saturated rings. The van der Waals surface area contributed by atoms with Gasteiger partial charge in [0.2, 0.25) is 5.91 Å². The highest BCUT2D eigenvalue weighted by atomic mass is 16.9. The van der Waals surface area contributed by atoms with E-state index in [1.807, 2.05) is 62.4 Å². The molecule has 0 radical (unpaired) electrons. The monoisotopic (exact) mass is 530 g/mol. The first-order valence-electron chi connectivity index (χ1n) is 12.3. The van der Waals surface area contributed by atoms with Gasteiger partial charge in [0.1, 0.15) is 18.2 Å². The SMILES string of the molecule is Cc1nc(C)c2c(n1)N(Cc1ccc(-c3ccccc3C3=NNN(C(=O)CCO[N+](=O)[O-])N3)cc1)C(=O)CC2. The molecular weight excluding hydrogens is 504 g/mol. The van der Waals surface area contributed by atoms with Gasteiger partial charge in [-0.2, -0.15) is 5.53 Å². The van der Waals surface area contributed by atoms with Crippen LogP contribution < -0.4 is 15.9 Å². The third-order valence-corrected chi connectivity index (χ3v) is 6.48. The Bertz CT molecular complexity index is 1470. The number of amides is 2. The molecule has 200 valence electrons. The molecule has 39 heavy (non-hydrogen) atoms. The maximum Gasteiger partial charge on any atom is 0.294 e. The summed E-state index contributed by atoms with van der Waals surface area (Å²) < 4.78 is 0. The molecule has 2 aliphatic rings. The van der Waals surface area contributed by atoms with Crippen molar-refractivity contribution in [3.8, 4) is 11.1 Å². The molecule has 13 heteroatoms. The Hall–Kier alpha value is -5.07. The second kappa shape index (κ2) is 10.7. The number of hydrogen-bond acceptors (Lipinski definition) is 10. The third-order valence-electron chi connectivity index (χ3n) is 6.48. The van der Waals surface area contributed by atoms with E-state index in [4.69, 9.17) is 0 Å². The summed E-state index contributed by atoms with van der Waals surface area (Å²) in [6.45, 7) is 3.83. The van der Waals surface area contributed by atoms with Crippen LogP contribution in [0, 0.1) is 24.0 Å². The lowest BCUT2D eigenvalue weighted by Gasteiger charge is -2.29. The van der Waals surface area contributed by atoms with Crippen molar-refractivity contribution in [1.29, 1.82) is 0 Å². The van der Waals surface area contributed by atoms with Gasteiger partial charge < -0.3 is 4.84 Å². The van der Waals surface area contributed by atoms with Gasteiger partial charge in [0, 0.05) is 23.2 Å². The smallest absolute Gasteiger partial charge is 0.294 e. The predicted octanol–water partition coefficient (Wildman–Crippen LogP) is 2.35. The molecule has 0 bridgehead atoms. The standard InChI is InChI=1S/C26H26N8O5/c1-16-20-11-12-23(35)32(26(20)28-17(2)27-16)15-18-7-9-19(10-8-18)21-5-3-4-6-22(21)25-29-31-33(30-25)24(36)13-14-39-34(37)38/h3-10,31H,11-15H2,1-2H3,(H,29,30). The van der Waals surface area contributed by atoms with Crippen molar-refractivity contribution < 1.29 is 19.5 Å². The molecule has 0 saturated carbocycles. The molecule has 0 unspecified atom stereocenters. The van der Waals surface area contributed by atoms with Crippen LogP contribution in [-0.2, 0) is 27.4 Å². The van der Waals surface area contributed by atoms with Crippen LogP contribution in [0.5, 0.6) is 0 Å². The van der Waals surface area contributed by atoms with Crippen molar-refractivity contribution in [2.45, 2.75) is 39.7 Å². The van der Waals surface area contributed by atoms with E-state index in [1.54, 1.807) is 4.90 Å². The van der Waals surface area contributed by atoms with E-state index < -0.39 is 11.0 Å². The lowest BCUT2D eigenvalue weighted by atomic mass is 9.97. The number of fused-ring (bicyclic) bond motifs is 1. The number of benzene rings is 2. The summed E-state index contributed by atoms with van der Waals surface area (Å²) in [5.74, 6) is 1.31. The first kappa shape index (κ1) is 25.6. The Balaban J connectivity index is 1.31. The van der Waals surface area contributed by atoms with Crippen molar-refractivity contribution in [1.82, 2.24) is 26.0 Å². The van der Waals surface area contributed by atoms with Crippen LogP contribution in [-0.4, -0.2) is 44.4 Å². The van der Waals surface area contributed by atoms with Gasteiger partial charge in [-0.25, -0.2) is 9.97 Å². The molecule has 0 atom stereocenters. The van der Waals surface area contributed by atoms with Crippen molar-refractivity contribution >= 4 is 23.5 Å². The minimum Gasteiger partial charge on any atom is -0.313 e. The molecule has 2 aliphatic heterocycles. The number of anilines is 1. The summed E-state index contributed by atoms with van der Waals surface area (Å²) >= 11 is 0. The summed E-state index contributed by atoms with van der Waals surface area (Å²) in [6.07, 6.45) is 0.869. The second-order valence-electron chi connectivity index (χ2n) is 9.09. The summed E-state index contributed by atoms with van der Waals surface area (Å²) in [6, 6.07) is 15.5. The fourth-order valence-corrected chi connectivity index (χ4v) is 4.61. The van der Waals surface area contributed by atoms with E-state index in [2.05, 4.69) is 30.9 Å². The zero-order valence-electron chi connectivity index (χ0n) is 21.4. The molecule has 3 heterocycles. The lowest BCUT2D eigenvalue weighted by Crippen LogP contribution is -2.46. The molecule has 3 aromatic rings. The predicted molar refractivity (Wildman–Crippen MR) is 140 cm³/mol. The van der Waals surface area contributed by atoms with Crippen molar-refractivity contribution in [2.75, 3.05) is 11.5 Å². The van der Waals surface area contributed by atoms with Gasteiger partial charge in [-0.3, -0.25) is 19.9 Å². The molecular formula is C26H26N8O5. The van der Waals surface area contributed by atoms with Crippen molar-refractivity contribution in [2.24, 2.45) is 5.10 Å². The number of nitrogens with zero attached hydrogens (tertiary/aromatic N) is 6. The Morgan fingerprint density at radius 3 is 2.56 bits per heavy atom. The first-order valence-corrected chi connectivity index (χ1v) is 12.3. The second-order valence-corrected chi connectivity index (χ2v) is 9.09. The lowest BCUT2D eigenvalue weighted by molar-refractivity contribution is -0.757. The minimum absolute atomic E-state index is 0.0382. The maximum absolute atomic E-state index is 12.8. The van der Waals surface area contributed by atoms with Crippen LogP contribution >= 0.6 is 0 Å². The molecule has 1 aromatic heterocycles. The van der Waals surface area contributed by atoms with Crippen molar-refractivity contribution in [3.63, 3.8) is 0 Å². The number of hydrogen-bond donors (Lipinski definition) is 2. The van der Waals surface area contributed by atoms with E-state index >= 15 is 0 Å². The van der Waals surface area contributed by atoms with Crippen LogP contribution in [0.3, 0.4) is 0 Å². The number of aryl methyl sites for hydroxylation is 2. The van der Waals surface area contributed by atoms with E-state index in [1.165, 1.54) is 0 Å². The molecule has 13 nitrogen and oxygen atoms in total. The molecule has 2 amide bonds. The van der Waals surface area contributed by atoms with E-state index in [0.717, 1.165) is 38.6 Å². The average Bonchev–Trinajstić information content (AvgIpc) is 3.41. The molecule has 0 saturated heterocycles. The number of hydrazine groups is 2. The number of carbonyl (C=O) groups excluding carboxylic acids is 2. The van der Waals surface area contributed by atoms with Crippen LogP contribution in [0.25, 0.3) is 11.1 Å². The largest absolute Gasteiger partial charge is 0.313 e. The fourth-order valence-electron chi connectivity index (χ4n) is 4.61. The van der Waals surface area contributed by atoms with Gasteiger partial charge in [0.25, 0.3) is 11.0 Å². The number of hydrazone groups is 1. The molecule has 0 spiro atoms. The summed E-state index contributed by atoms with van der Waals surface area (Å²) in [4.78, 5) is 50.3. The Morgan fingerprint density at radius 1 is 1.08 bits per heavy atom. The average molecular weight is 531 g/mol. The van der Waals surface area contributed by atoms with Gasteiger partial charge in [-0.15, -0.1) is 20.3 Å². The maximum atomic E-state index is 12.8. The number of carbonyl (C=O) groups is 2. The van der Waals surface area contributed by atoms with Gasteiger partial charge in [0.15, 0.2) is 5.84 Å². The van der Waals surface area contributed by atoms with E-state index in [9.17, 15) is 19.7 Å². The minimum atomic E-state index is -0.943. The molecule has 5 rings (SSSR count). The molecule has 2 aromatic carbocycles. The number of nitrogens with one attached hydrogen (secondary N) is 2. The van der Waals surface area contributed by atoms with Crippen LogP contribution in [0.2, 0.25) is 0 Å². The van der Waals surface area contributed by atoms with Gasteiger partial charge in [0.05, 0.1) is 13.0 Å². The first-order chi connectivity index (χ1) is 18.8. The molecule has 2 N–H and O–H groups in total. The van der Waals surface area contributed by atoms with Crippen LogP contribution in [0.15, 0.2) is 53.6 Å². The summed E-state index contributed by atoms with van der Waals surface area (Å²) in [5.41, 5.74) is 10.9. The quantitative estimate of drug-likeness (QED) is 0.330. The fraction of sp³-hybridized carbons (Fsp3) is 0.269. The summed E-state index contributed by atoms with van der Waals surface area (Å²) in [5, 5.41) is 14.6. The summed E-state index contributed by atoms with van der Waals surface area (Å²) in [7, 11) is 0.